The van der Waals surface area contributed by atoms with Crippen LogP contribution in [0.15, 0.2) is 48.7 Å². The van der Waals surface area contributed by atoms with Crippen LogP contribution in [0.2, 0.25) is 0 Å². The molecule has 32 heavy (non-hydrogen) atoms. The molecule has 1 N–H and O–H groups in total. The van der Waals surface area contributed by atoms with Gasteiger partial charge in [0.15, 0.2) is 5.65 Å². The van der Waals surface area contributed by atoms with E-state index in [9.17, 15) is 18.0 Å². The van der Waals surface area contributed by atoms with Crippen molar-refractivity contribution in [1.29, 1.82) is 0 Å². The van der Waals surface area contributed by atoms with Gasteiger partial charge in [-0.2, -0.15) is 18.3 Å². The Balaban J connectivity index is 1.71. The monoisotopic (exact) mass is 442 g/mol. The number of carbonyl (C=O) groups is 1. The Morgan fingerprint density at radius 1 is 1.03 bits per heavy atom. The predicted molar refractivity (Wildman–Crippen MR) is 119 cm³/mol. The van der Waals surface area contributed by atoms with Gasteiger partial charge >= 0.3 is 6.18 Å². The smallest absolute Gasteiger partial charge is 0.352 e. The Morgan fingerprint density at radius 2 is 1.78 bits per heavy atom. The van der Waals surface area contributed by atoms with Gasteiger partial charge in [0.2, 0.25) is 0 Å². The molecule has 0 aliphatic heterocycles. The Morgan fingerprint density at radius 3 is 2.47 bits per heavy atom. The molecular formula is C24H25F3N4O. The number of hydrogen-bond acceptors (Lipinski definition) is 2. The second-order valence-electron chi connectivity index (χ2n) is 7.97. The van der Waals surface area contributed by atoms with Crippen LogP contribution in [0.1, 0.15) is 48.5 Å². The average Bonchev–Trinajstić information content (AvgIpc) is 3.27. The molecule has 0 bridgehead atoms. The van der Waals surface area contributed by atoms with Crippen LogP contribution in [0.5, 0.6) is 0 Å². The minimum absolute atomic E-state index is 0.136. The second-order valence-corrected chi connectivity index (χ2v) is 7.97. The van der Waals surface area contributed by atoms with Crippen LogP contribution in [0.3, 0.4) is 0 Å². The lowest BCUT2D eigenvalue weighted by Gasteiger charge is -2.10. The van der Waals surface area contributed by atoms with Crippen LogP contribution < -0.4 is 5.32 Å². The highest BCUT2D eigenvalue weighted by Gasteiger charge is 2.30. The van der Waals surface area contributed by atoms with Crippen molar-refractivity contribution in [1.82, 2.24) is 19.7 Å². The van der Waals surface area contributed by atoms with Crippen molar-refractivity contribution >= 4 is 27.8 Å². The van der Waals surface area contributed by atoms with E-state index in [-0.39, 0.29) is 5.91 Å². The first-order valence-electron chi connectivity index (χ1n) is 10.7. The van der Waals surface area contributed by atoms with Gasteiger partial charge < -0.3 is 5.32 Å². The van der Waals surface area contributed by atoms with E-state index in [1.807, 2.05) is 22.9 Å². The van der Waals surface area contributed by atoms with Gasteiger partial charge in [0.05, 0.1) is 11.1 Å². The maximum absolute atomic E-state index is 13.0. The van der Waals surface area contributed by atoms with Gasteiger partial charge in [-0.15, -0.1) is 0 Å². The molecular weight excluding hydrogens is 417 g/mol. The lowest BCUT2D eigenvalue weighted by molar-refractivity contribution is -0.137. The molecule has 4 aromatic rings. The van der Waals surface area contributed by atoms with Gasteiger partial charge in [-0.25, -0.2) is 0 Å². The van der Waals surface area contributed by atoms with E-state index in [0.717, 1.165) is 54.1 Å². The zero-order chi connectivity index (χ0) is 22.9. The summed E-state index contributed by atoms with van der Waals surface area (Å²) in [5, 5.41) is 9.13. The first kappa shape index (κ1) is 21.9. The summed E-state index contributed by atoms with van der Waals surface area (Å²) >= 11 is 0. The number of aromatic nitrogens is 3. The number of rotatable bonds is 7. The number of carbonyl (C=O) groups excluding carboxylic acids is 1. The number of aryl methyl sites for hydroxylation is 1. The maximum atomic E-state index is 13.0. The minimum atomic E-state index is -4.39. The Hall–Kier alpha value is -3.29. The molecule has 0 fully saturated rings. The number of nitrogens with one attached hydrogen (secondary N) is 1. The molecule has 4 rings (SSSR count). The van der Waals surface area contributed by atoms with Crippen molar-refractivity contribution in [2.45, 2.75) is 38.8 Å². The molecule has 2 aromatic carbocycles. The molecule has 168 valence electrons. The summed E-state index contributed by atoms with van der Waals surface area (Å²) in [4.78, 5) is 12.6. The third-order valence-corrected chi connectivity index (χ3v) is 5.58. The number of unbranched alkanes of at least 4 members (excludes halogenated alkanes) is 3. The van der Waals surface area contributed by atoms with Gasteiger partial charge in [-0.05, 0) is 48.9 Å². The molecule has 0 saturated carbocycles. The Labute approximate surface area is 183 Å². The van der Waals surface area contributed by atoms with Gasteiger partial charge in [0.25, 0.3) is 5.91 Å². The van der Waals surface area contributed by atoms with Gasteiger partial charge in [-0.3, -0.25) is 14.0 Å². The average molecular weight is 442 g/mol. The fraction of sp³-hybridized carbons (Fsp3) is 0.333. The van der Waals surface area contributed by atoms with Gasteiger partial charge in [0.1, 0.15) is 0 Å². The predicted octanol–water partition coefficient (Wildman–Crippen LogP) is 5.85. The van der Waals surface area contributed by atoms with E-state index in [0.29, 0.717) is 23.4 Å². The zero-order valence-electron chi connectivity index (χ0n) is 18.0. The molecule has 0 unspecified atom stereocenters. The number of amides is 1. The Kier molecular flexibility index (Phi) is 5.95. The molecule has 5 nitrogen and oxygen atoms in total. The van der Waals surface area contributed by atoms with E-state index in [2.05, 4.69) is 17.3 Å². The summed E-state index contributed by atoms with van der Waals surface area (Å²) in [6.07, 6.45) is 1.78. The molecule has 0 saturated heterocycles. The highest BCUT2D eigenvalue weighted by molar-refractivity contribution is 6.10. The summed E-state index contributed by atoms with van der Waals surface area (Å²) in [6.45, 7) is 2.77. The lowest BCUT2D eigenvalue weighted by atomic mass is 10.1. The molecule has 0 spiro atoms. The fourth-order valence-corrected chi connectivity index (χ4v) is 3.95. The topological polar surface area (TPSA) is 51.9 Å². The molecule has 0 radical (unpaired) electrons. The maximum Gasteiger partial charge on any atom is 0.416 e. The first-order valence-corrected chi connectivity index (χ1v) is 10.7. The lowest BCUT2D eigenvalue weighted by Crippen LogP contribution is -2.24. The van der Waals surface area contributed by atoms with Crippen LogP contribution in [0, 0.1) is 0 Å². The van der Waals surface area contributed by atoms with Crippen molar-refractivity contribution in [2.24, 2.45) is 7.05 Å². The molecule has 1 amide bonds. The van der Waals surface area contributed by atoms with Crippen molar-refractivity contribution in [3.8, 4) is 5.69 Å². The summed E-state index contributed by atoms with van der Waals surface area (Å²) in [6, 6.07) is 10.4. The van der Waals surface area contributed by atoms with Crippen LogP contribution in [0.25, 0.3) is 27.6 Å². The highest BCUT2D eigenvalue weighted by Crippen LogP contribution is 2.34. The number of nitrogens with zero attached hydrogens (tertiary/aromatic N) is 3. The standard InChI is InChI=1S/C24H25F3N4O/c1-3-4-5-6-13-28-23(32)16-7-12-21-19(14-16)20-15-30(2)29-22(20)31(21)18-10-8-17(9-11-18)24(25,26)27/h7-12,14-15H,3-6,13H2,1-2H3,(H,28,32). The summed E-state index contributed by atoms with van der Waals surface area (Å²) < 4.78 is 42.4. The number of benzene rings is 2. The number of hydrogen-bond donors (Lipinski definition) is 1. The van der Waals surface area contributed by atoms with Crippen molar-refractivity contribution in [2.75, 3.05) is 6.54 Å². The van der Waals surface area contributed by atoms with Crippen molar-refractivity contribution in [3.05, 3.63) is 59.8 Å². The van der Waals surface area contributed by atoms with Crippen LogP contribution >= 0.6 is 0 Å². The zero-order valence-corrected chi connectivity index (χ0v) is 18.0. The molecule has 8 heteroatoms. The SMILES string of the molecule is CCCCCCNC(=O)c1ccc2c(c1)c1cn(C)nc1n2-c1ccc(C(F)(F)F)cc1. The molecule has 2 aromatic heterocycles. The van der Waals surface area contributed by atoms with Crippen LogP contribution in [-0.2, 0) is 13.2 Å². The number of fused-ring (bicyclic) bond motifs is 3. The van der Waals surface area contributed by atoms with Crippen LogP contribution in [-0.4, -0.2) is 26.8 Å². The molecule has 2 heterocycles. The second kappa shape index (κ2) is 8.68. The summed E-state index contributed by atoms with van der Waals surface area (Å²) in [5.74, 6) is -0.136. The molecule has 0 aliphatic carbocycles. The fourth-order valence-electron chi connectivity index (χ4n) is 3.95. The largest absolute Gasteiger partial charge is 0.416 e. The van der Waals surface area contributed by atoms with E-state index in [1.165, 1.54) is 12.1 Å². The number of halogens is 3. The molecule has 0 aliphatic rings. The first-order chi connectivity index (χ1) is 15.3. The van der Waals surface area contributed by atoms with E-state index < -0.39 is 11.7 Å². The summed E-state index contributed by atoms with van der Waals surface area (Å²) in [5.41, 5.74) is 1.82. The van der Waals surface area contributed by atoms with Crippen molar-refractivity contribution in [3.63, 3.8) is 0 Å². The number of alkyl halides is 3. The quantitative estimate of drug-likeness (QED) is 0.365. The minimum Gasteiger partial charge on any atom is -0.352 e. The third-order valence-electron chi connectivity index (χ3n) is 5.58. The molecule has 0 atom stereocenters. The van der Waals surface area contributed by atoms with E-state index >= 15 is 0 Å². The van der Waals surface area contributed by atoms with E-state index in [4.69, 9.17) is 0 Å². The Bertz CT molecular complexity index is 1250. The normalized spacial score (nSPS) is 12.0. The highest BCUT2D eigenvalue weighted by atomic mass is 19.4. The van der Waals surface area contributed by atoms with Crippen LogP contribution in [0.4, 0.5) is 13.2 Å². The third kappa shape index (κ3) is 4.22. The summed E-state index contributed by atoms with van der Waals surface area (Å²) in [7, 11) is 1.79. The van der Waals surface area contributed by atoms with E-state index in [1.54, 1.807) is 17.8 Å². The van der Waals surface area contributed by atoms with Gasteiger partial charge in [-0.1, -0.05) is 26.2 Å². The van der Waals surface area contributed by atoms with Crippen molar-refractivity contribution < 1.29 is 18.0 Å². The van der Waals surface area contributed by atoms with Gasteiger partial charge in [0, 0.05) is 41.8 Å².